The molecule has 1 aromatic carbocycles. The van der Waals surface area contributed by atoms with Gasteiger partial charge in [-0.15, -0.1) is 0 Å². The molecule has 0 atom stereocenters. The molecule has 0 aliphatic heterocycles. The molecule has 100 valence electrons. The maximum absolute atomic E-state index is 12.4. The zero-order valence-electron chi connectivity index (χ0n) is 10.5. The van der Waals surface area contributed by atoms with E-state index in [2.05, 4.69) is 0 Å². The molecule has 1 aliphatic rings. The standard InChI is InChI=1S/C13H19NO3S/c1-14(11-7-9-12(15)10-8-11)18(16,17)13-5-3-2-4-6-13/h7-10,13,15H,2-6H2,1H3. The van der Waals surface area contributed by atoms with E-state index in [1.54, 1.807) is 19.2 Å². The first-order valence-electron chi connectivity index (χ1n) is 6.28. The summed E-state index contributed by atoms with van der Waals surface area (Å²) in [5, 5.41) is 8.96. The Morgan fingerprint density at radius 1 is 1.11 bits per heavy atom. The van der Waals surface area contributed by atoms with Crippen LogP contribution in [0, 0.1) is 0 Å². The van der Waals surface area contributed by atoms with E-state index >= 15 is 0 Å². The van der Waals surface area contributed by atoms with E-state index in [1.807, 2.05) is 0 Å². The van der Waals surface area contributed by atoms with Crippen molar-refractivity contribution in [1.29, 1.82) is 0 Å². The molecule has 0 unspecified atom stereocenters. The van der Waals surface area contributed by atoms with Gasteiger partial charge >= 0.3 is 0 Å². The first kappa shape index (κ1) is 13.2. The molecule has 18 heavy (non-hydrogen) atoms. The van der Waals surface area contributed by atoms with Crippen molar-refractivity contribution in [3.63, 3.8) is 0 Å². The average molecular weight is 269 g/mol. The van der Waals surface area contributed by atoms with E-state index in [9.17, 15) is 13.5 Å². The number of rotatable bonds is 3. The average Bonchev–Trinajstić information content (AvgIpc) is 2.40. The number of phenols is 1. The second-order valence-corrected chi connectivity index (χ2v) is 7.03. The van der Waals surface area contributed by atoms with Crippen LogP contribution in [-0.4, -0.2) is 25.8 Å². The molecular weight excluding hydrogens is 250 g/mol. The number of hydrogen-bond donors (Lipinski definition) is 1. The summed E-state index contributed by atoms with van der Waals surface area (Å²) < 4.78 is 26.2. The van der Waals surface area contributed by atoms with E-state index < -0.39 is 10.0 Å². The quantitative estimate of drug-likeness (QED) is 0.917. The van der Waals surface area contributed by atoms with Crippen LogP contribution in [0.4, 0.5) is 5.69 Å². The van der Waals surface area contributed by atoms with E-state index in [4.69, 9.17) is 0 Å². The van der Waals surface area contributed by atoms with Gasteiger partial charge < -0.3 is 5.11 Å². The van der Waals surface area contributed by atoms with Gasteiger partial charge in [-0.2, -0.15) is 0 Å². The smallest absolute Gasteiger partial charge is 0.237 e. The molecule has 0 amide bonds. The molecule has 1 aromatic rings. The lowest BCUT2D eigenvalue weighted by Crippen LogP contribution is -2.37. The lowest BCUT2D eigenvalue weighted by Gasteiger charge is -2.28. The highest BCUT2D eigenvalue weighted by molar-refractivity contribution is 7.93. The number of phenolic OH excluding ortho intramolecular Hbond substituents is 1. The Hall–Kier alpha value is -1.23. The predicted molar refractivity (Wildman–Crippen MR) is 72.3 cm³/mol. The molecular formula is C13H19NO3S. The lowest BCUT2D eigenvalue weighted by molar-refractivity contribution is 0.475. The van der Waals surface area contributed by atoms with Crippen molar-refractivity contribution in [3.05, 3.63) is 24.3 Å². The summed E-state index contributed by atoms with van der Waals surface area (Å²) in [6.07, 6.45) is 4.63. The van der Waals surface area contributed by atoms with Crippen molar-refractivity contribution in [1.82, 2.24) is 0 Å². The van der Waals surface area contributed by atoms with Crippen molar-refractivity contribution in [3.8, 4) is 5.75 Å². The van der Waals surface area contributed by atoms with Gasteiger partial charge in [-0.1, -0.05) is 19.3 Å². The molecule has 5 heteroatoms. The van der Waals surface area contributed by atoms with Crippen LogP contribution in [0.25, 0.3) is 0 Å². The van der Waals surface area contributed by atoms with Gasteiger partial charge in [-0.05, 0) is 37.1 Å². The molecule has 1 aliphatic carbocycles. The molecule has 1 saturated carbocycles. The second kappa shape index (κ2) is 5.18. The van der Waals surface area contributed by atoms with Crippen molar-refractivity contribution in [2.75, 3.05) is 11.4 Å². The summed E-state index contributed by atoms with van der Waals surface area (Å²) in [5.74, 6) is 0.141. The van der Waals surface area contributed by atoms with Crippen LogP contribution in [0.2, 0.25) is 0 Å². The Balaban J connectivity index is 2.20. The molecule has 0 heterocycles. The van der Waals surface area contributed by atoms with Crippen molar-refractivity contribution in [2.24, 2.45) is 0 Å². The molecule has 1 fully saturated rings. The molecule has 4 nitrogen and oxygen atoms in total. The maximum Gasteiger partial charge on any atom is 0.237 e. The molecule has 0 bridgehead atoms. The number of anilines is 1. The third-order valence-electron chi connectivity index (χ3n) is 3.57. The van der Waals surface area contributed by atoms with Gasteiger partial charge in [0.05, 0.1) is 10.9 Å². The van der Waals surface area contributed by atoms with Gasteiger partial charge in [0, 0.05) is 7.05 Å². The zero-order valence-corrected chi connectivity index (χ0v) is 11.4. The fourth-order valence-electron chi connectivity index (χ4n) is 2.40. The molecule has 2 rings (SSSR count). The summed E-state index contributed by atoms with van der Waals surface area (Å²) >= 11 is 0. The lowest BCUT2D eigenvalue weighted by atomic mass is 10.0. The van der Waals surface area contributed by atoms with Gasteiger partial charge in [0.15, 0.2) is 0 Å². The summed E-state index contributed by atoms with van der Waals surface area (Å²) in [5.41, 5.74) is 0.596. The minimum Gasteiger partial charge on any atom is -0.508 e. The highest BCUT2D eigenvalue weighted by atomic mass is 32.2. The van der Waals surface area contributed by atoms with Gasteiger partial charge in [0.2, 0.25) is 10.0 Å². The normalized spacial score (nSPS) is 17.6. The summed E-state index contributed by atoms with van der Waals surface area (Å²) in [6, 6.07) is 6.25. The third kappa shape index (κ3) is 2.61. The van der Waals surface area contributed by atoms with Crippen LogP contribution in [0.5, 0.6) is 5.75 Å². The van der Waals surface area contributed by atoms with Crippen LogP contribution in [0.15, 0.2) is 24.3 Å². The molecule has 0 saturated heterocycles. The molecule has 1 N–H and O–H groups in total. The minimum atomic E-state index is -3.28. The fraction of sp³-hybridized carbons (Fsp3) is 0.538. The number of sulfonamides is 1. The first-order chi connectivity index (χ1) is 8.51. The van der Waals surface area contributed by atoms with Crippen molar-refractivity contribution < 1.29 is 13.5 Å². The van der Waals surface area contributed by atoms with Crippen molar-refractivity contribution >= 4 is 15.7 Å². The summed E-state index contributed by atoms with van der Waals surface area (Å²) in [7, 11) is -1.70. The van der Waals surface area contributed by atoms with Crippen LogP contribution in [0.3, 0.4) is 0 Å². The SMILES string of the molecule is CN(c1ccc(O)cc1)S(=O)(=O)C1CCCCC1. The van der Waals surface area contributed by atoms with Crippen molar-refractivity contribution in [2.45, 2.75) is 37.4 Å². The highest BCUT2D eigenvalue weighted by Gasteiger charge is 2.31. The maximum atomic E-state index is 12.4. The number of hydrogen-bond acceptors (Lipinski definition) is 3. The third-order valence-corrected chi connectivity index (χ3v) is 5.86. The largest absolute Gasteiger partial charge is 0.508 e. The van der Waals surface area contributed by atoms with Crippen LogP contribution in [0.1, 0.15) is 32.1 Å². The summed E-state index contributed by atoms with van der Waals surface area (Å²) in [6.45, 7) is 0. The molecule has 0 spiro atoms. The van der Waals surface area contributed by atoms with E-state index in [0.29, 0.717) is 5.69 Å². The van der Waals surface area contributed by atoms with Crippen LogP contribution < -0.4 is 4.31 Å². The first-order valence-corrected chi connectivity index (χ1v) is 7.79. The van der Waals surface area contributed by atoms with Gasteiger partial charge in [-0.3, -0.25) is 4.31 Å². The zero-order chi connectivity index (χ0) is 13.2. The van der Waals surface area contributed by atoms with Crippen LogP contribution in [-0.2, 0) is 10.0 Å². The highest BCUT2D eigenvalue weighted by Crippen LogP contribution is 2.28. The number of nitrogens with zero attached hydrogens (tertiary/aromatic N) is 1. The Kier molecular flexibility index (Phi) is 3.80. The fourth-order valence-corrected chi connectivity index (χ4v) is 4.19. The topological polar surface area (TPSA) is 57.6 Å². The van der Waals surface area contributed by atoms with Gasteiger partial charge in [0.25, 0.3) is 0 Å². The van der Waals surface area contributed by atoms with E-state index in [-0.39, 0.29) is 11.0 Å². The summed E-state index contributed by atoms with van der Waals surface area (Å²) in [4.78, 5) is 0. The predicted octanol–water partition coefficient (Wildman–Crippen LogP) is 2.49. The number of benzene rings is 1. The van der Waals surface area contributed by atoms with Gasteiger partial charge in [0.1, 0.15) is 5.75 Å². The second-order valence-electron chi connectivity index (χ2n) is 4.79. The Labute approximate surface area is 108 Å². The minimum absolute atomic E-state index is 0.141. The molecule has 0 aromatic heterocycles. The van der Waals surface area contributed by atoms with E-state index in [1.165, 1.54) is 16.4 Å². The Morgan fingerprint density at radius 3 is 2.22 bits per heavy atom. The van der Waals surface area contributed by atoms with Crippen LogP contribution >= 0.6 is 0 Å². The Bertz CT molecular complexity index is 489. The number of aromatic hydroxyl groups is 1. The van der Waals surface area contributed by atoms with Gasteiger partial charge in [-0.25, -0.2) is 8.42 Å². The van der Waals surface area contributed by atoms with E-state index in [0.717, 1.165) is 32.1 Å². The monoisotopic (exact) mass is 269 g/mol. The Morgan fingerprint density at radius 2 is 1.67 bits per heavy atom. The molecule has 0 radical (unpaired) electrons.